The minimum absolute atomic E-state index is 1.01. The van der Waals surface area contributed by atoms with Gasteiger partial charge in [-0.05, 0) is 28.7 Å². The molecule has 0 bridgehead atoms. The molecule has 0 saturated heterocycles. The minimum Gasteiger partial charge on any atom is -0.0622 e. The number of allylic oxidation sites excluding steroid dienone is 6. The Kier molecular flexibility index (Phi) is 4.28. The molecule has 0 amide bonds. The van der Waals surface area contributed by atoms with Gasteiger partial charge < -0.3 is 0 Å². The van der Waals surface area contributed by atoms with Gasteiger partial charge in [0, 0.05) is 0 Å². The summed E-state index contributed by atoms with van der Waals surface area (Å²) >= 11 is 0. The first kappa shape index (κ1) is 13.4. The predicted molar refractivity (Wildman–Crippen MR) is 91.7 cm³/mol. The summed E-state index contributed by atoms with van der Waals surface area (Å²) in [6.45, 7) is 0. The summed E-state index contributed by atoms with van der Waals surface area (Å²) in [7, 11) is 0. The molecule has 3 rings (SSSR count). The molecule has 0 heteroatoms. The van der Waals surface area contributed by atoms with E-state index in [9.17, 15) is 0 Å². The van der Waals surface area contributed by atoms with Crippen LogP contribution in [-0.2, 0) is 0 Å². The lowest BCUT2D eigenvalue weighted by Gasteiger charge is -1.97. The third-order valence-electron chi connectivity index (χ3n) is 3.50. The Morgan fingerprint density at radius 3 is 1.38 bits per heavy atom. The van der Waals surface area contributed by atoms with Gasteiger partial charge in [-0.2, -0.15) is 0 Å². The van der Waals surface area contributed by atoms with Gasteiger partial charge in [0.2, 0.25) is 0 Å². The molecule has 0 nitrogen and oxygen atoms in total. The normalized spacial score (nSPS) is 14.7. The lowest BCUT2D eigenvalue weighted by Crippen LogP contribution is -1.77. The van der Waals surface area contributed by atoms with Crippen molar-refractivity contribution in [2.24, 2.45) is 0 Å². The molecule has 0 saturated carbocycles. The Morgan fingerprint density at radius 1 is 0.524 bits per heavy atom. The molecule has 0 unspecified atom stereocenters. The SMILES string of the molecule is C1=C(/C=C/c2ccccc2)CC(/C=C/c2ccccc2)=C1. The maximum atomic E-state index is 2.20. The largest absolute Gasteiger partial charge is 0.0622 e. The molecule has 0 atom stereocenters. The standard InChI is InChI=1S/C21H18/c1-3-7-18(8-4-1)11-13-20-15-16-21(17-20)14-12-19-9-5-2-6-10-19/h1-16H,17H2/b13-11+,14-12+. The van der Waals surface area contributed by atoms with Gasteiger partial charge in [0.1, 0.15) is 0 Å². The first-order valence-electron chi connectivity index (χ1n) is 7.26. The van der Waals surface area contributed by atoms with E-state index in [4.69, 9.17) is 0 Å². The summed E-state index contributed by atoms with van der Waals surface area (Å²) in [5.41, 5.74) is 5.19. The van der Waals surface area contributed by atoms with Crippen molar-refractivity contribution in [1.82, 2.24) is 0 Å². The van der Waals surface area contributed by atoms with E-state index in [0.29, 0.717) is 0 Å². The van der Waals surface area contributed by atoms with Crippen LogP contribution in [-0.4, -0.2) is 0 Å². The second kappa shape index (κ2) is 6.71. The third kappa shape index (κ3) is 3.93. The van der Waals surface area contributed by atoms with Crippen molar-refractivity contribution in [3.05, 3.63) is 107 Å². The van der Waals surface area contributed by atoms with E-state index in [2.05, 4.69) is 85.0 Å². The Hall–Kier alpha value is -2.60. The topological polar surface area (TPSA) is 0 Å². The van der Waals surface area contributed by atoms with E-state index >= 15 is 0 Å². The van der Waals surface area contributed by atoms with Gasteiger partial charge in [-0.1, -0.05) is 97.1 Å². The third-order valence-corrected chi connectivity index (χ3v) is 3.50. The van der Waals surface area contributed by atoms with Crippen LogP contribution in [0.5, 0.6) is 0 Å². The van der Waals surface area contributed by atoms with E-state index in [-0.39, 0.29) is 0 Å². The van der Waals surface area contributed by atoms with Crippen LogP contribution in [0, 0.1) is 0 Å². The minimum atomic E-state index is 1.01. The van der Waals surface area contributed by atoms with Crippen LogP contribution < -0.4 is 0 Å². The van der Waals surface area contributed by atoms with Gasteiger partial charge in [-0.25, -0.2) is 0 Å². The van der Waals surface area contributed by atoms with Crippen molar-refractivity contribution in [3.8, 4) is 0 Å². The van der Waals surface area contributed by atoms with Gasteiger partial charge in [-0.3, -0.25) is 0 Å². The van der Waals surface area contributed by atoms with E-state index in [1.807, 2.05) is 12.1 Å². The highest BCUT2D eigenvalue weighted by Crippen LogP contribution is 2.22. The zero-order valence-corrected chi connectivity index (χ0v) is 11.9. The summed E-state index contributed by atoms with van der Waals surface area (Å²) < 4.78 is 0. The van der Waals surface area contributed by atoms with Crippen molar-refractivity contribution < 1.29 is 0 Å². The number of rotatable bonds is 4. The molecular weight excluding hydrogens is 252 g/mol. The molecule has 0 heterocycles. The highest BCUT2D eigenvalue weighted by Gasteiger charge is 2.02. The maximum Gasteiger partial charge on any atom is -0.00258 e. The lowest BCUT2D eigenvalue weighted by atomic mass is 10.1. The van der Waals surface area contributed by atoms with Crippen LogP contribution >= 0.6 is 0 Å². The van der Waals surface area contributed by atoms with Crippen LogP contribution in [0.2, 0.25) is 0 Å². The molecule has 0 aliphatic heterocycles. The second-order valence-electron chi connectivity index (χ2n) is 5.15. The summed E-state index contributed by atoms with van der Waals surface area (Å²) in [5, 5.41) is 0. The quantitative estimate of drug-likeness (QED) is 0.671. The first-order chi connectivity index (χ1) is 10.4. The van der Waals surface area contributed by atoms with Gasteiger partial charge in [0.15, 0.2) is 0 Å². The smallest absolute Gasteiger partial charge is 0.00258 e. The molecule has 2 aromatic rings. The van der Waals surface area contributed by atoms with Crippen LogP contribution in [0.25, 0.3) is 12.2 Å². The molecule has 1 aliphatic rings. The van der Waals surface area contributed by atoms with Crippen molar-refractivity contribution in [2.75, 3.05) is 0 Å². The van der Waals surface area contributed by atoms with Crippen LogP contribution in [0.15, 0.2) is 96.1 Å². The van der Waals surface area contributed by atoms with E-state index in [0.717, 1.165) is 6.42 Å². The highest BCUT2D eigenvalue weighted by molar-refractivity contribution is 5.58. The Balaban J connectivity index is 1.58. The lowest BCUT2D eigenvalue weighted by molar-refractivity contribution is 1.26. The van der Waals surface area contributed by atoms with E-state index in [1.165, 1.54) is 22.3 Å². The van der Waals surface area contributed by atoms with Gasteiger partial charge in [0.05, 0.1) is 0 Å². The van der Waals surface area contributed by atoms with Crippen LogP contribution in [0.3, 0.4) is 0 Å². The molecule has 0 spiro atoms. The number of hydrogen-bond acceptors (Lipinski definition) is 0. The van der Waals surface area contributed by atoms with Crippen LogP contribution in [0.1, 0.15) is 17.5 Å². The molecule has 0 N–H and O–H groups in total. The summed E-state index contributed by atoms with van der Waals surface area (Å²) in [4.78, 5) is 0. The predicted octanol–water partition coefficient (Wildman–Crippen LogP) is 5.67. The maximum absolute atomic E-state index is 2.20. The molecule has 2 aromatic carbocycles. The fourth-order valence-electron chi connectivity index (χ4n) is 2.33. The molecule has 1 aliphatic carbocycles. The first-order valence-corrected chi connectivity index (χ1v) is 7.26. The van der Waals surface area contributed by atoms with Gasteiger partial charge in [0.25, 0.3) is 0 Å². The summed E-state index contributed by atoms with van der Waals surface area (Å²) in [6.07, 6.45) is 14.2. The van der Waals surface area contributed by atoms with Crippen molar-refractivity contribution >= 4 is 12.2 Å². The zero-order chi connectivity index (χ0) is 14.3. The number of benzene rings is 2. The average Bonchev–Trinajstić information content (AvgIpc) is 3.01. The summed E-state index contributed by atoms with van der Waals surface area (Å²) in [6, 6.07) is 20.8. The Labute approximate surface area is 126 Å². The summed E-state index contributed by atoms with van der Waals surface area (Å²) in [5.74, 6) is 0. The molecule has 21 heavy (non-hydrogen) atoms. The van der Waals surface area contributed by atoms with E-state index < -0.39 is 0 Å². The zero-order valence-electron chi connectivity index (χ0n) is 11.9. The van der Waals surface area contributed by atoms with Crippen molar-refractivity contribution in [3.63, 3.8) is 0 Å². The van der Waals surface area contributed by atoms with E-state index in [1.54, 1.807) is 0 Å². The monoisotopic (exact) mass is 270 g/mol. The Bertz CT molecular complexity index is 635. The molecule has 102 valence electrons. The van der Waals surface area contributed by atoms with Gasteiger partial charge in [-0.15, -0.1) is 0 Å². The molecular formula is C21H18. The Morgan fingerprint density at radius 2 is 0.952 bits per heavy atom. The second-order valence-corrected chi connectivity index (χ2v) is 5.15. The average molecular weight is 270 g/mol. The fraction of sp³-hybridized carbons (Fsp3) is 0.0476. The van der Waals surface area contributed by atoms with Gasteiger partial charge >= 0.3 is 0 Å². The van der Waals surface area contributed by atoms with Crippen LogP contribution in [0.4, 0.5) is 0 Å². The molecule has 0 fully saturated rings. The highest BCUT2D eigenvalue weighted by atomic mass is 14.1. The fourth-order valence-corrected chi connectivity index (χ4v) is 2.33. The number of hydrogen-bond donors (Lipinski definition) is 0. The molecule has 0 radical (unpaired) electrons. The van der Waals surface area contributed by atoms with Crippen molar-refractivity contribution in [1.29, 1.82) is 0 Å². The van der Waals surface area contributed by atoms with Crippen molar-refractivity contribution in [2.45, 2.75) is 6.42 Å². The molecule has 0 aromatic heterocycles.